The van der Waals surface area contributed by atoms with Gasteiger partial charge in [0.2, 0.25) is 0 Å². The summed E-state index contributed by atoms with van der Waals surface area (Å²) in [7, 11) is 0. The summed E-state index contributed by atoms with van der Waals surface area (Å²) in [6.45, 7) is 10.3. The van der Waals surface area contributed by atoms with Crippen LogP contribution in [0.15, 0.2) is 156 Å². The van der Waals surface area contributed by atoms with E-state index in [2.05, 4.69) is 35.5 Å². The number of carbonyl (C=O) groups is 4. The summed E-state index contributed by atoms with van der Waals surface area (Å²) in [6, 6.07) is 29.5. The Morgan fingerprint density at radius 1 is 0.600 bits per heavy atom. The number of hydrogen-bond acceptors (Lipinski definition) is 12. The molecule has 4 aromatic rings. The SMILES string of the molecule is C=CC(=O)OCCCCCCOc1ccc(C(=O)OC2=CCC(C)(OC(=O)c3ccc(OCCCCCCOC(=O)C=C)cc3)C(/C=N/N=C3c4ccccc4-c4ccccc43)=C2)cc1. The van der Waals surface area contributed by atoms with Crippen molar-refractivity contribution in [3.05, 3.63) is 168 Å². The number of unbranched alkanes of at least 4 members (excludes halogenated alkanes) is 6. The zero-order chi connectivity index (χ0) is 45.9. The molecular formula is C53H54N2O10. The van der Waals surface area contributed by atoms with Crippen LogP contribution in [0.3, 0.4) is 0 Å². The van der Waals surface area contributed by atoms with E-state index in [0.717, 1.165) is 91.5 Å². The van der Waals surface area contributed by atoms with Gasteiger partial charge in [0.25, 0.3) is 0 Å². The normalized spacial score (nSPS) is 14.8. The molecule has 2 aliphatic rings. The Balaban J connectivity index is 1.08. The van der Waals surface area contributed by atoms with Crippen molar-refractivity contribution in [3.63, 3.8) is 0 Å². The summed E-state index contributed by atoms with van der Waals surface area (Å²) in [6.07, 6.45) is 14.2. The van der Waals surface area contributed by atoms with Crippen LogP contribution in [0.2, 0.25) is 0 Å². The maximum atomic E-state index is 13.7. The van der Waals surface area contributed by atoms with Crippen molar-refractivity contribution in [2.24, 2.45) is 10.2 Å². The second-order valence-corrected chi connectivity index (χ2v) is 15.5. The molecule has 0 spiro atoms. The smallest absolute Gasteiger partial charge is 0.343 e. The molecule has 0 amide bonds. The van der Waals surface area contributed by atoms with E-state index in [0.29, 0.717) is 54.6 Å². The molecule has 0 aliphatic heterocycles. The van der Waals surface area contributed by atoms with Gasteiger partial charge >= 0.3 is 23.9 Å². The van der Waals surface area contributed by atoms with Crippen LogP contribution in [-0.4, -0.2) is 67.8 Å². The van der Waals surface area contributed by atoms with E-state index in [1.807, 2.05) is 36.4 Å². The van der Waals surface area contributed by atoms with Gasteiger partial charge in [-0.3, -0.25) is 0 Å². The Morgan fingerprint density at radius 3 is 1.55 bits per heavy atom. The Hall–Kier alpha value is -7.34. The molecule has 65 heavy (non-hydrogen) atoms. The molecule has 0 N–H and O–H groups in total. The fourth-order valence-electron chi connectivity index (χ4n) is 7.14. The zero-order valence-electron chi connectivity index (χ0n) is 36.7. The van der Waals surface area contributed by atoms with Gasteiger partial charge in [-0.15, -0.1) is 5.10 Å². The number of esters is 4. The van der Waals surface area contributed by atoms with E-state index in [1.54, 1.807) is 73.8 Å². The third kappa shape index (κ3) is 13.6. The zero-order valence-corrected chi connectivity index (χ0v) is 36.7. The van der Waals surface area contributed by atoms with Crippen LogP contribution < -0.4 is 9.47 Å². The topological polar surface area (TPSA) is 148 Å². The summed E-state index contributed by atoms with van der Waals surface area (Å²) in [5.74, 6) is -0.434. The average molecular weight is 879 g/mol. The van der Waals surface area contributed by atoms with Crippen molar-refractivity contribution in [1.82, 2.24) is 0 Å². The number of carbonyl (C=O) groups excluding carboxylic acids is 4. The van der Waals surface area contributed by atoms with Gasteiger partial charge < -0.3 is 28.4 Å². The maximum Gasteiger partial charge on any atom is 0.343 e. The number of ether oxygens (including phenoxy) is 6. The van der Waals surface area contributed by atoms with Crippen LogP contribution in [0.4, 0.5) is 0 Å². The third-order valence-corrected chi connectivity index (χ3v) is 10.8. The molecule has 6 rings (SSSR count). The monoisotopic (exact) mass is 878 g/mol. The lowest BCUT2D eigenvalue weighted by atomic mass is 9.88. The number of benzene rings is 4. The van der Waals surface area contributed by atoms with E-state index in [4.69, 9.17) is 28.4 Å². The van der Waals surface area contributed by atoms with Gasteiger partial charge in [-0.2, -0.15) is 5.10 Å². The average Bonchev–Trinajstić information content (AvgIpc) is 3.65. The molecule has 336 valence electrons. The van der Waals surface area contributed by atoms with Crippen molar-refractivity contribution in [3.8, 4) is 22.6 Å². The second kappa shape index (κ2) is 23.9. The quantitative estimate of drug-likeness (QED) is 0.0146. The lowest BCUT2D eigenvalue weighted by Crippen LogP contribution is -2.36. The first kappa shape index (κ1) is 47.1. The molecule has 0 saturated heterocycles. The highest BCUT2D eigenvalue weighted by Crippen LogP contribution is 2.37. The van der Waals surface area contributed by atoms with Crippen molar-refractivity contribution in [1.29, 1.82) is 0 Å². The van der Waals surface area contributed by atoms with Crippen LogP contribution in [0, 0.1) is 0 Å². The predicted octanol–water partition coefficient (Wildman–Crippen LogP) is 10.5. The number of rotatable bonds is 24. The largest absolute Gasteiger partial charge is 0.494 e. The van der Waals surface area contributed by atoms with Gasteiger partial charge in [-0.25, -0.2) is 19.2 Å². The molecular weight excluding hydrogens is 825 g/mol. The van der Waals surface area contributed by atoms with Crippen LogP contribution in [-0.2, 0) is 28.5 Å². The molecule has 0 bridgehead atoms. The van der Waals surface area contributed by atoms with Crippen molar-refractivity contribution >= 4 is 35.8 Å². The molecule has 0 saturated carbocycles. The number of fused-ring (bicyclic) bond motifs is 3. The number of nitrogens with zero attached hydrogens (tertiary/aromatic N) is 2. The first-order valence-corrected chi connectivity index (χ1v) is 21.9. The van der Waals surface area contributed by atoms with E-state index in [9.17, 15) is 19.2 Å². The van der Waals surface area contributed by atoms with Crippen LogP contribution >= 0.6 is 0 Å². The fraction of sp³-hybridized carbons (Fsp3) is 0.283. The van der Waals surface area contributed by atoms with E-state index in [1.165, 1.54) is 0 Å². The molecule has 1 atom stereocenters. The van der Waals surface area contributed by atoms with E-state index >= 15 is 0 Å². The van der Waals surface area contributed by atoms with Crippen molar-refractivity contribution in [2.45, 2.75) is 70.3 Å². The first-order chi connectivity index (χ1) is 31.7. The van der Waals surface area contributed by atoms with E-state index < -0.39 is 29.5 Å². The fourth-order valence-corrected chi connectivity index (χ4v) is 7.14. The Morgan fingerprint density at radius 2 is 1.06 bits per heavy atom. The first-order valence-electron chi connectivity index (χ1n) is 21.9. The molecule has 12 heteroatoms. The summed E-state index contributed by atoms with van der Waals surface area (Å²) in [5, 5.41) is 9.21. The van der Waals surface area contributed by atoms with Crippen LogP contribution in [0.1, 0.15) is 96.6 Å². The van der Waals surface area contributed by atoms with Crippen LogP contribution in [0.5, 0.6) is 11.5 Å². The minimum Gasteiger partial charge on any atom is -0.494 e. The molecule has 12 nitrogen and oxygen atoms in total. The molecule has 0 heterocycles. The molecule has 2 aliphatic carbocycles. The lowest BCUT2D eigenvalue weighted by Gasteiger charge is -2.32. The highest BCUT2D eigenvalue weighted by Gasteiger charge is 2.36. The van der Waals surface area contributed by atoms with E-state index in [-0.39, 0.29) is 12.2 Å². The summed E-state index contributed by atoms with van der Waals surface area (Å²) in [4.78, 5) is 49.4. The van der Waals surface area contributed by atoms with Crippen LogP contribution in [0.25, 0.3) is 11.1 Å². The molecule has 0 radical (unpaired) electrons. The minimum atomic E-state index is -1.20. The summed E-state index contributed by atoms with van der Waals surface area (Å²) >= 11 is 0. The Kier molecular flexibility index (Phi) is 17.4. The number of allylic oxidation sites excluding steroid dienone is 1. The lowest BCUT2D eigenvalue weighted by molar-refractivity contribution is -0.138. The van der Waals surface area contributed by atoms with Crippen molar-refractivity contribution in [2.75, 3.05) is 26.4 Å². The van der Waals surface area contributed by atoms with Gasteiger partial charge in [0.15, 0.2) is 0 Å². The molecule has 0 fully saturated rings. The summed E-state index contributed by atoms with van der Waals surface area (Å²) < 4.78 is 33.8. The number of hydrogen-bond donors (Lipinski definition) is 0. The molecule has 4 aromatic carbocycles. The Bertz CT molecular complexity index is 2400. The maximum absolute atomic E-state index is 13.7. The van der Waals surface area contributed by atoms with Crippen molar-refractivity contribution < 1.29 is 47.6 Å². The predicted molar refractivity (Wildman–Crippen MR) is 249 cm³/mol. The van der Waals surface area contributed by atoms with Gasteiger partial charge in [-0.1, -0.05) is 61.7 Å². The highest BCUT2D eigenvalue weighted by molar-refractivity contribution is 6.24. The van der Waals surface area contributed by atoms with Gasteiger partial charge in [0.05, 0.1) is 43.8 Å². The van der Waals surface area contributed by atoms with Gasteiger partial charge in [-0.05, 0) is 130 Å². The molecule has 0 aromatic heterocycles. The standard InChI is InChI=1S/C53H54N2O10/c1-4-48(56)62-34-16-8-6-14-32-60-41-26-22-38(23-27-41)51(58)64-43-30-31-53(3,40(36-43)37-54-55-50-46-20-12-10-18-44(46)45-19-11-13-21-47(45)50)65-52(59)39-24-28-42(29-25-39)61-33-15-7-9-17-35-63-49(57)5-2/h4-5,10-13,18-30,36-37H,1-2,6-9,14-17,31-35H2,3H3/b54-37+. The second-order valence-electron chi connectivity index (χ2n) is 15.5. The Labute approximate surface area is 380 Å². The summed E-state index contributed by atoms with van der Waals surface area (Å²) in [5.41, 5.74) is 4.71. The van der Waals surface area contributed by atoms with Gasteiger partial charge in [0.1, 0.15) is 28.6 Å². The molecule has 1 unspecified atom stereocenters. The third-order valence-electron chi connectivity index (χ3n) is 10.8. The minimum absolute atomic E-state index is 0.187. The van der Waals surface area contributed by atoms with Gasteiger partial charge in [0, 0.05) is 35.3 Å². The highest BCUT2D eigenvalue weighted by atomic mass is 16.6.